The number of ether oxygens (including phenoxy) is 2. The summed E-state index contributed by atoms with van der Waals surface area (Å²) in [4.78, 5) is 11.6. The Labute approximate surface area is 121 Å². The van der Waals surface area contributed by atoms with Gasteiger partial charge in [0.1, 0.15) is 5.75 Å². The van der Waals surface area contributed by atoms with Crippen LogP contribution in [-0.2, 0) is 9.53 Å². The molecule has 1 rings (SSSR count). The van der Waals surface area contributed by atoms with Crippen molar-refractivity contribution in [2.75, 3.05) is 19.8 Å². The normalized spacial score (nSPS) is 10.6. The molecule has 20 heavy (non-hydrogen) atoms. The van der Waals surface area contributed by atoms with Crippen molar-refractivity contribution < 1.29 is 14.3 Å². The van der Waals surface area contributed by atoms with Gasteiger partial charge in [-0.05, 0) is 44.9 Å². The summed E-state index contributed by atoms with van der Waals surface area (Å²) in [5.74, 6) is 0.824. The van der Waals surface area contributed by atoms with Crippen LogP contribution < -0.4 is 10.1 Å². The minimum absolute atomic E-state index is 0.0159. The Balaban J connectivity index is 2.05. The van der Waals surface area contributed by atoms with Crippen LogP contribution in [0.25, 0.3) is 0 Å². The monoisotopic (exact) mass is 279 g/mol. The highest BCUT2D eigenvalue weighted by Gasteiger charge is 2.02. The number of carbonyl (C=O) groups is 1. The standard InChI is InChI=1S/C16H25NO3/c1-13(2)19-10-5-9-17-16(18)8-11-20-15-7-4-6-14(3)12-15/h4,6-7,12-13H,5,8-11H2,1-3H3,(H,17,18). The molecule has 0 bridgehead atoms. The first-order valence-electron chi connectivity index (χ1n) is 7.15. The fraction of sp³-hybridized carbons (Fsp3) is 0.562. The minimum Gasteiger partial charge on any atom is -0.493 e. The van der Waals surface area contributed by atoms with E-state index in [2.05, 4.69) is 5.32 Å². The minimum atomic E-state index is 0.0159. The van der Waals surface area contributed by atoms with Crippen molar-refractivity contribution in [2.24, 2.45) is 0 Å². The van der Waals surface area contributed by atoms with E-state index in [0.29, 0.717) is 26.2 Å². The average Bonchev–Trinajstić information content (AvgIpc) is 2.38. The quantitative estimate of drug-likeness (QED) is 0.707. The number of aryl methyl sites for hydroxylation is 1. The fourth-order valence-corrected chi connectivity index (χ4v) is 1.67. The number of hydrogen-bond acceptors (Lipinski definition) is 3. The maximum atomic E-state index is 11.6. The van der Waals surface area contributed by atoms with Crippen molar-refractivity contribution >= 4 is 5.91 Å². The SMILES string of the molecule is Cc1cccc(OCCC(=O)NCCCOC(C)C)c1. The van der Waals surface area contributed by atoms with E-state index < -0.39 is 0 Å². The molecule has 0 aliphatic carbocycles. The predicted molar refractivity (Wildman–Crippen MR) is 80.0 cm³/mol. The van der Waals surface area contributed by atoms with E-state index in [9.17, 15) is 4.79 Å². The first-order valence-corrected chi connectivity index (χ1v) is 7.15. The van der Waals surface area contributed by atoms with E-state index in [0.717, 1.165) is 17.7 Å². The van der Waals surface area contributed by atoms with Gasteiger partial charge >= 0.3 is 0 Å². The number of nitrogens with one attached hydrogen (secondary N) is 1. The highest BCUT2D eigenvalue weighted by Crippen LogP contribution is 2.12. The van der Waals surface area contributed by atoms with Crippen LogP contribution in [0.15, 0.2) is 24.3 Å². The highest BCUT2D eigenvalue weighted by molar-refractivity contribution is 5.75. The Morgan fingerprint density at radius 2 is 2.10 bits per heavy atom. The number of hydrogen-bond donors (Lipinski definition) is 1. The Morgan fingerprint density at radius 3 is 2.80 bits per heavy atom. The van der Waals surface area contributed by atoms with Gasteiger partial charge in [0.15, 0.2) is 0 Å². The Kier molecular flexibility index (Phi) is 7.73. The second-order valence-electron chi connectivity index (χ2n) is 5.04. The number of carbonyl (C=O) groups excluding carboxylic acids is 1. The van der Waals surface area contributed by atoms with E-state index in [4.69, 9.17) is 9.47 Å². The number of amides is 1. The van der Waals surface area contributed by atoms with E-state index in [-0.39, 0.29) is 12.0 Å². The molecule has 0 saturated carbocycles. The van der Waals surface area contributed by atoms with Gasteiger partial charge in [0.2, 0.25) is 5.91 Å². The summed E-state index contributed by atoms with van der Waals surface area (Å²) >= 11 is 0. The van der Waals surface area contributed by atoms with Crippen LogP contribution in [-0.4, -0.2) is 31.8 Å². The molecule has 0 heterocycles. The zero-order valence-electron chi connectivity index (χ0n) is 12.6. The maximum absolute atomic E-state index is 11.6. The zero-order valence-corrected chi connectivity index (χ0v) is 12.6. The lowest BCUT2D eigenvalue weighted by Gasteiger charge is -2.09. The van der Waals surface area contributed by atoms with Crippen molar-refractivity contribution in [3.63, 3.8) is 0 Å². The van der Waals surface area contributed by atoms with Gasteiger partial charge in [-0.3, -0.25) is 4.79 Å². The Hall–Kier alpha value is -1.55. The number of rotatable bonds is 9. The molecule has 0 radical (unpaired) electrons. The summed E-state index contributed by atoms with van der Waals surface area (Å²) in [5, 5.41) is 2.86. The van der Waals surface area contributed by atoms with Crippen LogP contribution >= 0.6 is 0 Å². The van der Waals surface area contributed by atoms with Gasteiger partial charge < -0.3 is 14.8 Å². The molecule has 0 atom stereocenters. The molecule has 0 aromatic heterocycles. The average molecular weight is 279 g/mol. The van der Waals surface area contributed by atoms with Crippen LogP contribution in [0, 0.1) is 6.92 Å². The highest BCUT2D eigenvalue weighted by atomic mass is 16.5. The lowest BCUT2D eigenvalue weighted by Crippen LogP contribution is -2.26. The summed E-state index contributed by atoms with van der Waals surface area (Å²) < 4.78 is 10.9. The third-order valence-electron chi connectivity index (χ3n) is 2.68. The van der Waals surface area contributed by atoms with Crippen LogP contribution in [0.3, 0.4) is 0 Å². The molecule has 1 amide bonds. The first-order chi connectivity index (χ1) is 9.58. The predicted octanol–water partition coefficient (Wildman–Crippen LogP) is 2.70. The fourth-order valence-electron chi connectivity index (χ4n) is 1.67. The van der Waals surface area contributed by atoms with Crippen LogP contribution in [0.2, 0.25) is 0 Å². The van der Waals surface area contributed by atoms with Crippen molar-refractivity contribution in [1.29, 1.82) is 0 Å². The van der Waals surface area contributed by atoms with Gasteiger partial charge in [-0.2, -0.15) is 0 Å². The lowest BCUT2D eigenvalue weighted by atomic mass is 10.2. The molecular formula is C16H25NO3. The van der Waals surface area contributed by atoms with Gasteiger partial charge in [-0.25, -0.2) is 0 Å². The van der Waals surface area contributed by atoms with E-state index in [1.165, 1.54) is 0 Å². The van der Waals surface area contributed by atoms with Crippen LogP contribution in [0.4, 0.5) is 0 Å². The first kappa shape index (κ1) is 16.5. The Morgan fingerprint density at radius 1 is 1.30 bits per heavy atom. The smallest absolute Gasteiger partial charge is 0.223 e. The van der Waals surface area contributed by atoms with E-state index >= 15 is 0 Å². The molecule has 0 aliphatic rings. The summed E-state index contributed by atoms with van der Waals surface area (Å²) in [6.45, 7) is 7.74. The topological polar surface area (TPSA) is 47.6 Å². The third-order valence-corrected chi connectivity index (χ3v) is 2.68. The van der Waals surface area contributed by atoms with E-state index in [1.807, 2.05) is 45.0 Å². The van der Waals surface area contributed by atoms with Crippen LogP contribution in [0.1, 0.15) is 32.3 Å². The van der Waals surface area contributed by atoms with Gasteiger partial charge in [0.05, 0.1) is 19.1 Å². The largest absolute Gasteiger partial charge is 0.493 e. The molecule has 1 aromatic carbocycles. The molecular weight excluding hydrogens is 254 g/mol. The summed E-state index contributed by atoms with van der Waals surface area (Å²) in [5.41, 5.74) is 1.15. The lowest BCUT2D eigenvalue weighted by molar-refractivity contribution is -0.121. The third kappa shape index (κ3) is 7.79. The molecule has 0 fully saturated rings. The van der Waals surface area contributed by atoms with Crippen molar-refractivity contribution in [3.8, 4) is 5.75 Å². The molecule has 112 valence electrons. The summed E-state index contributed by atoms with van der Waals surface area (Å²) in [6, 6.07) is 7.81. The second kappa shape index (κ2) is 9.37. The van der Waals surface area contributed by atoms with Crippen molar-refractivity contribution in [3.05, 3.63) is 29.8 Å². The van der Waals surface area contributed by atoms with Gasteiger partial charge in [-0.1, -0.05) is 12.1 Å². The maximum Gasteiger partial charge on any atom is 0.223 e. The zero-order chi connectivity index (χ0) is 14.8. The van der Waals surface area contributed by atoms with Crippen LogP contribution in [0.5, 0.6) is 5.75 Å². The van der Waals surface area contributed by atoms with Gasteiger partial charge in [-0.15, -0.1) is 0 Å². The van der Waals surface area contributed by atoms with E-state index in [1.54, 1.807) is 0 Å². The molecule has 1 N–H and O–H groups in total. The molecule has 4 heteroatoms. The molecule has 1 aromatic rings. The molecule has 0 unspecified atom stereocenters. The number of benzene rings is 1. The van der Waals surface area contributed by atoms with Gasteiger partial charge in [0.25, 0.3) is 0 Å². The van der Waals surface area contributed by atoms with Crippen molar-refractivity contribution in [2.45, 2.75) is 39.7 Å². The van der Waals surface area contributed by atoms with Crippen molar-refractivity contribution in [1.82, 2.24) is 5.32 Å². The molecule has 0 spiro atoms. The summed E-state index contributed by atoms with van der Waals surface area (Å²) in [6.07, 6.45) is 1.45. The summed E-state index contributed by atoms with van der Waals surface area (Å²) in [7, 11) is 0. The van der Waals surface area contributed by atoms with Gasteiger partial charge in [0, 0.05) is 13.2 Å². The Bertz CT molecular complexity index is 404. The molecule has 0 aliphatic heterocycles. The molecule has 4 nitrogen and oxygen atoms in total. The second-order valence-corrected chi connectivity index (χ2v) is 5.04. The molecule has 0 saturated heterocycles.